The number of ether oxygens (including phenoxy) is 2. The molecule has 1 rings (SSSR count). The van der Waals surface area contributed by atoms with E-state index in [0.29, 0.717) is 12.8 Å². The highest BCUT2D eigenvalue weighted by molar-refractivity contribution is 5.91. The van der Waals surface area contributed by atoms with Crippen molar-refractivity contribution in [3.63, 3.8) is 0 Å². The number of likely N-dealkylation sites (tertiary alicyclic amines) is 1. The Hall–Kier alpha value is -2.22. The lowest BCUT2D eigenvalue weighted by Gasteiger charge is -2.42. The molecule has 0 aromatic heterocycles. The van der Waals surface area contributed by atoms with Crippen molar-refractivity contribution in [1.82, 2.24) is 4.90 Å². The van der Waals surface area contributed by atoms with Gasteiger partial charge in [-0.15, -0.1) is 19.6 Å². The molecule has 0 aliphatic carbocycles. The van der Waals surface area contributed by atoms with Crippen molar-refractivity contribution in [1.29, 1.82) is 0 Å². The number of carbonyl (C=O) groups excluding carboxylic acids is 2. The van der Waals surface area contributed by atoms with Gasteiger partial charge in [-0.25, -0.2) is 9.59 Å². The molecule has 0 radical (unpaired) electrons. The molecule has 5 heteroatoms. The van der Waals surface area contributed by atoms with E-state index in [1.54, 1.807) is 26.8 Å². The van der Waals surface area contributed by atoms with Crippen molar-refractivity contribution in [2.24, 2.45) is 5.41 Å². The zero-order valence-corrected chi connectivity index (χ0v) is 14.3. The first-order chi connectivity index (χ1) is 10.6. The zero-order valence-electron chi connectivity index (χ0n) is 14.3. The summed E-state index contributed by atoms with van der Waals surface area (Å²) in [5.74, 6) is 2.06. The molecular weight excluding hydrogens is 294 g/mol. The zero-order chi connectivity index (χ0) is 17.9. The Labute approximate surface area is 138 Å². The van der Waals surface area contributed by atoms with Gasteiger partial charge in [-0.05, 0) is 33.6 Å². The van der Waals surface area contributed by atoms with Crippen LogP contribution in [-0.4, -0.2) is 41.8 Å². The highest BCUT2D eigenvalue weighted by Crippen LogP contribution is 2.50. The predicted molar refractivity (Wildman–Crippen MR) is 88.6 cm³/mol. The van der Waals surface area contributed by atoms with Crippen LogP contribution in [-0.2, 0) is 14.3 Å². The van der Waals surface area contributed by atoms with Gasteiger partial charge in [0, 0.05) is 6.54 Å². The van der Waals surface area contributed by atoms with Crippen molar-refractivity contribution in [2.45, 2.75) is 44.8 Å². The number of allylic oxidation sites excluding steroid dienone is 1. The second-order valence-corrected chi connectivity index (χ2v) is 6.56. The summed E-state index contributed by atoms with van der Waals surface area (Å²) in [7, 11) is 1.26. The molecule has 0 aromatic carbocycles. The van der Waals surface area contributed by atoms with Crippen LogP contribution in [0.5, 0.6) is 0 Å². The van der Waals surface area contributed by atoms with Crippen molar-refractivity contribution < 1.29 is 19.1 Å². The fourth-order valence-corrected chi connectivity index (χ4v) is 3.08. The molecule has 1 saturated heterocycles. The number of esters is 1. The van der Waals surface area contributed by atoms with Crippen LogP contribution in [0.3, 0.4) is 0 Å². The molecule has 126 valence electrons. The minimum atomic E-state index is -1.48. The fourth-order valence-electron chi connectivity index (χ4n) is 3.08. The number of methoxy groups -OCH3 is 1. The molecule has 1 amide bonds. The van der Waals surface area contributed by atoms with Crippen LogP contribution >= 0.6 is 0 Å². The maximum Gasteiger partial charge on any atom is 0.411 e. The van der Waals surface area contributed by atoms with Gasteiger partial charge in [0.1, 0.15) is 5.60 Å². The molecular formula is C18H25NO4. The van der Waals surface area contributed by atoms with Gasteiger partial charge in [-0.3, -0.25) is 4.90 Å². The Morgan fingerprint density at radius 3 is 2.39 bits per heavy atom. The molecule has 1 heterocycles. The Morgan fingerprint density at radius 2 is 2.00 bits per heavy atom. The molecule has 0 N–H and O–H groups in total. The van der Waals surface area contributed by atoms with Gasteiger partial charge in [0.25, 0.3) is 0 Å². The Morgan fingerprint density at radius 1 is 1.39 bits per heavy atom. The van der Waals surface area contributed by atoms with E-state index < -0.39 is 28.6 Å². The molecule has 2 atom stereocenters. The summed E-state index contributed by atoms with van der Waals surface area (Å²) in [6.45, 7) is 13.0. The second-order valence-electron chi connectivity index (χ2n) is 6.56. The SMILES string of the molecule is C#C[C@@]1(CC=C)CCN(C(=O)OC(C)(C)C)[C@]1(C=C)C(=O)OC. The summed E-state index contributed by atoms with van der Waals surface area (Å²) in [6.07, 6.45) is 8.94. The first kappa shape index (κ1) is 18.8. The first-order valence-corrected chi connectivity index (χ1v) is 7.45. The third-order valence-corrected chi connectivity index (χ3v) is 4.09. The lowest BCUT2D eigenvalue weighted by atomic mass is 9.68. The summed E-state index contributed by atoms with van der Waals surface area (Å²) in [6, 6.07) is 0. The van der Waals surface area contributed by atoms with Crippen molar-refractivity contribution >= 4 is 12.1 Å². The minimum absolute atomic E-state index is 0.272. The lowest BCUT2D eigenvalue weighted by Crippen LogP contribution is -2.60. The second kappa shape index (κ2) is 6.49. The maximum atomic E-state index is 12.6. The normalized spacial score (nSPS) is 27.0. The first-order valence-electron chi connectivity index (χ1n) is 7.45. The molecule has 23 heavy (non-hydrogen) atoms. The smallest absolute Gasteiger partial charge is 0.411 e. The minimum Gasteiger partial charge on any atom is -0.467 e. The summed E-state index contributed by atoms with van der Waals surface area (Å²) >= 11 is 0. The summed E-state index contributed by atoms with van der Waals surface area (Å²) in [4.78, 5) is 26.6. The number of hydrogen-bond donors (Lipinski definition) is 0. The van der Waals surface area contributed by atoms with Crippen molar-refractivity contribution in [3.8, 4) is 12.3 Å². The van der Waals surface area contributed by atoms with Gasteiger partial charge in [0.2, 0.25) is 0 Å². The number of rotatable bonds is 4. The van der Waals surface area contributed by atoms with Gasteiger partial charge in [-0.1, -0.05) is 18.1 Å². The van der Waals surface area contributed by atoms with Gasteiger partial charge in [0.15, 0.2) is 5.54 Å². The molecule has 1 aliphatic rings. The van der Waals surface area contributed by atoms with Gasteiger partial charge in [0.05, 0.1) is 12.5 Å². The van der Waals surface area contributed by atoms with E-state index in [4.69, 9.17) is 15.9 Å². The van der Waals surface area contributed by atoms with E-state index in [9.17, 15) is 9.59 Å². The van der Waals surface area contributed by atoms with E-state index in [1.807, 2.05) is 0 Å². The summed E-state index contributed by atoms with van der Waals surface area (Å²) in [5, 5.41) is 0. The Balaban J connectivity index is 3.46. The van der Waals surface area contributed by atoms with Crippen molar-refractivity contribution in [3.05, 3.63) is 25.3 Å². The van der Waals surface area contributed by atoms with E-state index in [1.165, 1.54) is 18.1 Å². The van der Waals surface area contributed by atoms with E-state index in [2.05, 4.69) is 19.1 Å². The summed E-state index contributed by atoms with van der Waals surface area (Å²) in [5.41, 5.74) is -3.13. The molecule has 1 aliphatic heterocycles. The molecule has 0 bridgehead atoms. The van der Waals surface area contributed by atoms with Gasteiger partial charge >= 0.3 is 12.1 Å². The molecule has 0 aromatic rings. The largest absolute Gasteiger partial charge is 0.467 e. The number of hydrogen-bond acceptors (Lipinski definition) is 4. The topological polar surface area (TPSA) is 55.8 Å². The number of carbonyl (C=O) groups is 2. The average molecular weight is 319 g/mol. The predicted octanol–water partition coefficient (Wildman–Crippen LogP) is 2.92. The molecule has 0 unspecified atom stereocenters. The Kier molecular flexibility index (Phi) is 5.31. The van der Waals surface area contributed by atoms with Crippen LogP contribution in [0.25, 0.3) is 0 Å². The highest BCUT2D eigenvalue weighted by Gasteiger charge is 2.64. The van der Waals surface area contributed by atoms with E-state index in [-0.39, 0.29) is 6.54 Å². The van der Waals surface area contributed by atoms with Crippen LogP contribution in [0.2, 0.25) is 0 Å². The number of terminal acetylenes is 1. The number of nitrogens with zero attached hydrogens (tertiary/aromatic N) is 1. The van der Waals surface area contributed by atoms with Crippen LogP contribution in [0.15, 0.2) is 25.3 Å². The molecule has 5 nitrogen and oxygen atoms in total. The lowest BCUT2D eigenvalue weighted by molar-refractivity contribution is -0.153. The van der Waals surface area contributed by atoms with Gasteiger partial charge < -0.3 is 9.47 Å². The monoisotopic (exact) mass is 319 g/mol. The van der Waals surface area contributed by atoms with Crippen LogP contribution < -0.4 is 0 Å². The van der Waals surface area contributed by atoms with Crippen LogP contribution in [0, 0.1) is 17.8 Å². The van der Waals surface area contributed by atoms with Gasteiger partial charge in [-0.2, -0.15) is 0 Å². The molecule has 0 saturated carbocycles. The average Bonchev–Trinajstić information content (AvgIpc) is 2.80. The van der Waals surface area contributed by atoms with E-state index in [0.717, 1.165) is 0 Å². The molecule has 0 spiro atoms. The quantitative estimate of drug-likeness (QED) is 0.454. The molecule has 1 fully saturated rings. The van der Waals surface area contributed by atoms with Crippen LogP contribution in [0.4, 0.5) is 4.79 Å². The third kappa shape index (κ3) is 2.98. The fraction of sp³-hybridized carbons (Fsp3) is 0.556. The van der Waals surface area contributed by atoms with Crippen molar-refractivity contribution in [2.75, 3.05) is 13.7 Å². The summed E-state index contributed by atoms with van der Waals surface area (Å²) < 4.78 is 10.4. The standard InChI is InChI=1S/C18H25NO4/c1-8-11-17(9-2)12-13-19(15(21)23-16(4,5)6)18(17,10-3)14(20)22-7/h2,8,10H,1,3,11-13H2,4-7H3/t17-,18-/m1/s1. The number of amides is 1. The maximum absolute atomic E-state index is 12.6. The van der Waals surface area contributed by atoms with E-state index >= 15 is 0 Å². The highest BCUT2D eigenvalue weighted by atomic mass is 16.6. The Bertz CT molecular complexity index is 554. The third-order valence-electron chi connectivity index (χ3n) is 4.09. The van der Waals surface area contributed by atoms with Crippen LogP contribution in [0.1, 0.15) is 33.6 Å².